The van der Waals surface area contributed by atoms with Crippen molar-refractivity contribution >= 4 is 28.4 Å². The van der Waals surface area contributed by atoms with Crippen LogP contribution in [0.25, 0.3) is 10.9 Å². The first kappa shape index (κ1) is 28.6. The topological polar surface area (TPSA) is 78.8 Å². The van der Waals surface area contributed by atoms with Gasteiger partial charge in [0.1, 0.15) is 11.3 Å². The summed E-state index contributed by atoms with van der Waals surface area (Å²) in [7, 11) is 1.54. The molecule has 40 heavy (non-hydrogen) atoms. The van der Waals surface area contributed by atoms with Crippen LogP contribution in [0.3, 0.4) is 0 Å². The predicted octanol–water partition coefficient (Wildman–Crippen LogP) is 5.26. The van der Waals surface area contributed by atoms with Gasteiger partial charge in [0.2, 0.25) is 11.8 Å². The Morgan fingerprint density at radius 3 is 2.45 bits per heavy atom. The Labute approximate surface area is 235 Å². The average Bonchev–Trinajstić information content (AvgIpc) is 2.89. The maximum absolute atomic E-state index is 13.6. The molecule has 0 spiro atoms. The monoisotopic (exact) mass is 576 g/mol. The summed E-state index contributed by atoms with van der Waals surface area (Å²) in [5.74, 6) is 0.371. The molecule has 0 saturated carbocycles. The molecule has 5 rings (SSSR count). The zero-order valence-electron chi connectivity index (χ0n) is 22.6. The number of rotatable bonds is 6. The molecule has 0 radical (unpaired) electrons. The molecule has 1 unspecified atom stereocenters. The van der Waals surface area contributed by atoms with Gasteiger partial charge in [-0.1, -0.05) is 24.6 Å². The third-order valence-electron chi connectivity index (χ3n) is 8.28. The summed E-state index contributed by atoms with van der Waals surface area (Å²) in [5.41, 5.74) is -1.28. The van der Waals surface area contributed by atoms with Crippen LogP contribution in [0.15, 0.2) is 36.5 Å². The number of likely N-dealkylation sites (tertiary alicyclic amines) is 2. The van der Waals surface area contributed by atoms with Gasteiger partial charge in [-0.3, -0.25) is 14.7 Å². The van der Waals surface area contributed by atoms with Gasteiger partial charge in [-0.05, 0) is 67.2 Å². The fourth-order valence-electron chi connectivity index (χ4n) is 5.69. The van der Waals surface area contributed by atoms with E-state index >= 15 is 0 Å². The Bertz CT molecular complexity index is 1420. The van der Waals surface area contributed by atoms with Gasteiger partial charge in [-0.25, -0.2) is 4.98 Å². The van der Waals surface area contributed by atoms with Crippen molar-refractivity contribution in [3.05, 3.63) is 63.9 Å². The lowest BCUT2D eigenvalue weighted by molar-refractivity contribution is -0.143. The molecular formula is C29H32ClF3N4O3. The SMILES string of the molecule is COc1nc2ccc(C(O)(c3ccnc(C(F)(F)F)c3)C3CN(C(C)=O)C3)cc2c(Cl)c1CN1CCC(C)CC1. The van der Waals surface area contributed by atoms with Crippen LogP contribution in [0.4, 0.5) is 13.2 Å². The molecule has 2 fully saturated rings. The number of aliphatic hydroxyl groups is 1. The van der Waals surface area contributed by atoms with E-state index in [1.165, 1.54) is 13.0 Å². The van der Waals surface area contributed by atoms with Crippen LogP contribution in [-0.4, -0.2) is 64.1 Å². The third-order valence-corrected chi connectivity index (χ3v) is 8.71. The minimum absolute atomic E-state index is 0.0441. The first-order valence-electron chi connectivity index (χ1n) is 13.3. The lowest BCUT2D eigenvalue weighted by Gasteiger charge is -2.48. The molecular weight excluding hydrogens is 545 g/mol. The summed E-state index contributed by atoms with van der Waals surface area (Å²) in [5, 5.41) is 13.2. The van der Waals surface area contributed by atoms with Gasteiger partial charge in [-0.15, -0.1) is 0 Å². The summed E-state index contributed by atoms with van der Waals surface area (Å²) in [6, 6.07) is 7.27. The number of benzene rings is 1. The van der Waals surface area contributed by atoms with E-state index in [4.69, 9.17) is 16.3 Å². The highest BCUT2D eigenvalue weighted by Gasteiger charge is 2.48. The molecule has 3 aromatic rings. The number of aromatic nitrogens is 2. The Morgan fingerprint density at radius 1 is 1.15 bits per heavy atom. The molecule has 1 aromatic carbocycles. The lowest BCUT2D eigenvalue weighted by atomic mass is 9.72. The van der Waals surface area contributed by atoms with Crippen LogP contribution in [0.5, 0.6) is 5.88 Å². The maximum atomic E-state index is 13.6. The van der Waals surface area contributed by atoms with Crippen LogP contribution in [0, 0.1) is 11.8 Å². The number of carbonyl (C=O) groups excluding carboxylic acids is 1. The van der Waals surface area contributed by atoms with E-state index in [1.54, 1.807) is 30.2 Å². The average molecular weight is 577 g/mol. The lowest BCUT2D eigenvalue weighted by Crippen LogP contribution is -2.58. The van der Waals surface area contributed by atoms with Crippen molar-refractivity contribution < 1.29 is 27.8 Å². The van der Waals surface area contributed by atoms with Gasteiger partial charge in [0.25, 0.3) is 0 Å². The Balaban J connectivity index is 1.61. The minimum Gasteiger partial charge on any atom is -0.481 e. The second-order valence-corrected chi connectivity index (χ2v) is 11.3. The van der Waals surface area contributed by atoms with E-state index in [-0.39, 0.29) is 24.6 Å². The molecule has 2 aromatic heterocycles. The van der Waals surface area contributed by atoms with Gasteiger partial charge in [0.15, 0.2) is 0 Å². The van der Waals surface area contributed by atoms with Crippen LogP contribution in [0.1, 0.15) is 49.1 Å². The number of pyridine rings is 2. The fraction of sp³-hybridized carbons (Fsp3) is 0.483. The van der Waals surface area contributed by atoms with E-state index in [9.17, 15) is 23.1 Å². The van der Waals surface area contributed by atoms with Crippen molar-refractivity contribution in [2.24, 2.45) is 11.8 Å². The van der Waals surface area contributed by atoms with Gasteiger partial charge in [0.05, 0.1) is 17.6 Å². The van der Waals surface area contributed by atoms with Crippen LogP contribution >= 0.6 is 11.6 Å². The second-order valence-electron chi connectivity index (χ2n) is 10.9. The largest absolute Gasteiger partial charge is 0.481 e. The normalized spacial score (nSPS) is 18.9. The number of piperidine rings is 1. The third kappa shape index (κ3) is 5.24. The number of halogens is 4. The highest BCUT2D eigenvalue weighted by Crippen LogP contribution is 2.44. The Hall–Kier alpha value is -2.95. The van der Waals surface area contributed by atoms with E-state index in [0.717, 1.165) is 43.8 Å². The van der Waals surface area contributed by atoms with Crippen molar-refractivity contribution in [2.45, 2.75) is 45.0 Å². The van der Waals surface area contributed by atoms with Gasteiger partial charge >= 0.3 is 6.18 Å². The Kier molecular flexibility index (Phi) is 7.71. The standard InChI is InChI=1S/C29H32ClF3N4O3/c1-17-7-10-36(11-8-17)16-23-26(30)22-12-19(4-5-24(22)35-27(23)40-3)28(39,21-14-37(15-21)18(2)38)20-6-9-34-25(13-20)29(31,32)33/h4-6,9,12-13,17,21,39H,7-8,10-11,14-16H2,1-3H3. The summed E-state index contributed by atoms with van der Waals surface area (Å²) < 4.78 is 46.3. The van der Waals surface area contributed by atoms with Crippen molar-refractivity contribution in [1.82, 2.24) is 19.8 Å². The number of alkyl halides is 3. The highest BCUT2D eigenvalue weighted by molar-refractivity contribution is 6.36. The van der Waals surface area contributed by atoms with Gasteiger partial charge in [-0.2, -0.15) is 13.2 Å². The number of hydrogen-bond donors (Lipinski definition) is 1. The van der Waals surface area contributed by atoms with E-state index in [2.05, 4.69) is 21.8 Å². The number of amides is 1. The number of fused-ring (bicyclic) bond motifs is 1. The summed E-state index contributed by atoms with van der Waals surface area (Å²) in [6.07, 6.45) is -1.47. The Morgan fingerprint density at radius 2 is 1.82 bits per heavy atom. The van der Waals surface area contributed by atoms with Crippen LogP contribution in [-0.2, 0) is 23.1 Å². The molecule has 1 amide bonds. The predicted molar refractivity (Wildman–Crippen MR) is 145 cm³/mol. The fourth-order valence-corrected chi connectivity index (χ4v) is 5.98. The first-order chi connectivity index (χ1) is 18.9. The van der Waals surface area contributed by atoms with Gasteiger partial charge < -0.3 is 14.7 Å². The molecule has 2 saturated heterocycles. The smallest absolute Gasteiger partial charge is 0.433 e. The molecule has 11 heteroatoms. The molecule has 2 aliphatic rings. The molecule has 0 bridgehead atoms. The van der Waals surface area contributed by atoms with Crippen molar-refractivity contribution in [1.29, 1.82) is 0 Å². The molecule has 1 N–H and O–H groups in total. The molecule has 7 nitrogen and oxygen atoms in total. The number of hydrogen-bond acceptors (Lipinski definition) is 6. The number of methoxy groups -OCH3 is 1. The van der Waals surface area contributed by atoms with Crippen molar-refractivity contribution in [3.8, 4) is 5.88 Å². The zero-order chi connectivity index (χ0) is 28.8. The minimum atomic E-state index is -4.68. The van der Waals surface area contributed by atoms with E-state index in [1.807, 2.05) is 0 Å². The molecule has 214 valence electrons. The first-order valence-corrected chi connectivity index (χ1v) is 13.7. The second kappa shape index (κ2) is 10.8. The highest BCUT2D eigenvalue weighted by atomic mass is 35.5. The van der Waals surface area contributed by atoms with Crippen LogP contribution < -0.4 is 4.74 Å². The van der Waals surface area contributed by atoms with E-state index in [0.29, 0.717) is 39.8 Å². The molecule has 4 heterocycles. The number of carbonyl (C=O) groups is 1. The zero-order valence-corrected chi connectivity index (χ0v) is 23.4. The summed E-state index contributed by atoms with van der Waals surface area (Å²) in [6.45, 7) is 6.45. The summed E-state index contributed by atoms with van der Waals surface area (Å²) in [4.78, 5) is 23.9. The molecule has 2 aliphatic heterocycles. The number of ether oxygens (including phenoxy) is 1. The quantitative estimate of drug-likeness (QED) is 0.431. The number of nitrogens with zero attached hydrogens (tertiary/aromatic N) is 4. The van der Waals surface area contributed by atoms with Crippen LogP contribution in [0.2, 0.25) is 5.02 Å². The van der Waals surface area contributed by atoms with E-state index < -0.39 is 23.4 Å². The maximum Gasteiger partial charge on any atom is 0.433 e. The van der Waals surface area contributed by atoms with Crippen molar-refractivity contribution in [2.75, 3.05) is 33.3 Å². The molecule has 0 aliphatic carbocycles. The summed E-state index contributed by atoms with van der Waals surface area (Å²) >= 11 is 6.98. The van der Waals surface area contributed by atoms with Crippen molar-refractivity contribution in [3.63, 3.8) is 0 Å². The van der Waals surface area contributed by atoms with Gasteiger partial charge in [0, 0.05) is 49.6 Å². The molecule has 1 atom stereocenters.